The molecule has 0 aromatic heterocycles. The standard InChI is InChI=1S/C16H19F3N2O5/c1-25-13-7-11(12(21(23)24)8-14(13)26-2)15(22)20-10-5-3-4-9(6-10)16(17,18)19/h7-10H,3-6H2,1-2H3,(H,20,22)/t9-,10-/m1/s1. The van der Waals surface area contributed by atoms with Gasteiger partial charge in [-0.3, -0.25) is 14.9 Å². The summed E-state index contributed by atoms with van der Waals surface area (Å²) in [6, 6.07) is 1.50. The van der Waals surface area contributed by atoms with Gasteiger partial charge in [0.15, 0.2) is 11.5 Å². The fourth-order valence-corrected chi connectivity index (χ4v) is 3.08. The summed E-state index contributed by atoms with van der Waals surface area (Å²) in [5, 5.41) is 13.7. The van der Waals surface area contributed by atoms with Gasteiger partial charge in [0.05, 0.1) is 31.1 Å². The Hall–Kier alpha value is -2.52. The van der Waals surface area contributed by atoms with Crippen LogP contribution >= 0.6 is 0 Å². The first-order chi connectivity index (χ1) is 12.2. The number of carbonyl (C=O) groups is 1. The lowest BCUT2D eigenvalue weighted by Gasteiger charge is -2.31. The Bertz CT molecular complexity index is 693. The third kappa shape index (κ3) is 4.36. The number of alkyl halides is 3. The smallest absolute Gasteiger partial charge is 0.391 e. The number of halogens is 3. The second-order valence-electron chi connectivity index (χ2n) is 6.06. The Kier molecular flexibility index (Phi) is 5.94. The molecule has 1 aromatic rings. The molecule has 7 nitrogen and oxygen atoms in total. The van der Waals surface area contributed by atoms with Crippen molar-refractivity contribution in [3.8, 4) is 11.5 Å². The second-order valence-corrected chi connectivity index (χ2v) is 6.06. The Morgan fingerprint density at radius 1 is 1.23 bits per heavy atom. The summed E-state index contributed by atoms with van der Waals surface area (Å²) in [5.74, 6) is -2.11. The number of benzene rings is 1. The minimum Gasteiger partial charge on any atom is -0.493 e. The fourth-order valence-electron chi connectivity index (χ4n) is 3.08. The second kappa shape index (κ2) is 7.79. The summed E-state index contributed by atoms with van der Waals surface area (Å²) in [5.41, 5.74) is -0.801. The molecule has 1 amide bonds. The first-order valence-corrected chi connectivity index (χ1v) is 7.95. The number of ether oxygens (including phenoxy) is 2. The topological polar surface area (TPSA) is 90.7 Å². The minimum atomic E-state index is -4.32. The highest BCUT2D eigenvalue weighted by Gasteiger charge is 2.42. The number of carbonyl (C=O) groups excluding carboxylic acids is 1. The van der Waals surface area contributed by atoms with Crippen LogP contribution < -0.4 is 14.8 Å². The lowest BCUT2D eigenvalue weighted by Crippen LogP contribution is -2.41. The average Bonchev–Trinajstić information content (AvgIpc) is 2.59. The SMILES string of the molecule is COc1cc(C(=O)N[C@@H]2CCC[C@@H](C(F)(F)F)C2)c([N+](=O)[O-])cc1OC. The summed E-state index contributed by atoms with van der Waals surface area (Å²) < 4.78 is 48.7. The summed E-state index contributed by atoms with van der Waals surface area (Å²) in [6.07, 6.45) is -3.83. The Morgan fingerprint density at radius 3 is 2.38 bits per heavy atom. The van der Waals surface area contributed by atoms with E-state index in [1.165, 1.54) is 14.2 Å². The van der Waals surface area contributed by atoms with E-state index in [1.807, 2.05) is 0 Å². The molecule has 1 aromatic carbocycles. The Labute approximate surface area is 147 Å². The third-order valence-electron chi connectivity index (χ3n) is 4.42. The quantitative estimate of drug-likeness (QED) is 0.628. The van der Waals surface area contributed by atoms with Crippen LogP contribution in [0.2, 0.25) is 0 Å². The van der Waals surface area contributed by atoms with Crippen LogP contribution in [0.4, 0.5) is 18.9 Å². The molecule has 2 atom stereocenters. The van der Waals surface area contributed by atoms with E-state index in [2.05, 4.69) is 5.32 Å². The van der Waals surface area contributed by atoms with E-state index >= 15 is 0 Å². The Morgan fingerprint density at radius 2 is 1.85 bits per heavy atom. The predicted octanol–water partition coefficient (Wildman–Crippen LogP) is 3.46. The zero-order valence-corrected chi connectivity index (χ0v) is 14.3. The van der Waals surface area contributed by atoms with Gasteiger partial charge in [0.25, 0.3) is 11.6 Å². The van der Waals surface area contributed by atoms with Crippen molar-refractivity contribution in [3.63, 3.8) is 0 Å². The van der Waals surface area contributed by atoms with Crippen LogP contribution in [-0.2, 0) is 0 Å². The lowest BCUT2D eigenvalue weighted by atomic mass is 9.85. The van der Waals surface area contributed by atoms with E-state index < -0.39 is 34.7 Å². The van der Waals surface area contributed by atoms with E-state index in [0.717, 1.165) is 12.1 Å². The Balaban J connectivity index is 2.24. The number of nitro groups is 1. The normalized spacial score (nSPS) is 20.3. The summed E-state index contributed by atoms with van der Waals surface area (Å²) in [6.45, 7) is 0. The molecule has 1 aliphatic rings. The molecule has 26 heavy (non-hydrogen) atoms. The predicted molar refractivity (Wildman–Crippen MR) is 85.5 cm³/mol. The number of nitrogens with zero attached hydrogens (tertiary/aromatic N) is 1. The van der Waals surface area contributed by atoms with Gasteiger partial charge in [0.1, 0.15) is 5.56 Å². The van der Waals surface area contributed by atoms with Crippen molar-refractivity contribution in [2.75, 3.05) is 14.2 Å². The molecule has 0 radical (unpaired) electrons. The number of nitro benzene ring substituents is 1. The molecular formula is C16H19F3N2O5. The zero-order chi connectivity index (χ0) is 19.5. The highest BCUT2D eigenvalue weighted by molar-refractivity contribution is 5.99. The summed E-state index contributed by atoms with van der Waals surface area (Å²) in [7, 11) is 2.60. The van der Waals surface area contributed by atoms with Gasteiger partial charge in [-0.2, -0.15) is 13.2 Å². The van der Waals surface area contributed by atoms with Crippen molar-refractivity contribution in [1.82, 2.24) is 5.32 Å². The van der Waals surface area contributed by atoms with Crippen LogP contribution in [0.5, 0.6) is 11.5 Å². The van der Waals surface area contributed by atoms with Crippen LogP contribution in [0.25, 0.3) is 0 Å². The van der Waals surface area contributed by atoms with Gasteiger partial charge in [-0.15, -0.1) is 0 Å². The van der Waals surface area contributed by atoms with Crippen LogP contribution in [0.15, 0.2) is 12.1 Å². The number of methoxy groups -OCH3 is 2. The molecule has 1 saturated carbocycles. The zero-order valence-electron chi connectivity index (χ0n) is 14.3. The van der Waals surface area contributed by atoms with Crippen LogP contribution in [0, 0.1) is 16.0 Å². The van der Waals surface area contributed by atoms with Gasteiger partial charge < -0.3 is 14.8 Å². The first kappa shape index (κ1) is 19.8. The maximum absolute atomic E-state index is 12.9. The molecule has 10 heteroatoms. The van der Waals surface area contributed by atoms with Crippen molar-refractivity contribution in [2.24, 2.45) is 5.92 Å². The largest absolute Gasteiger partial charge is 0.493 e. The molecule has 0 aliphatic heterocycles. The maximum Gasteiger partial charge on any atom is 0.391 e. The van der Waals surface area contributed by atoms with Gasteiger partial charge in [-0.05, 0) is 19.3 Å². The molecule has 0 spiro atoms. The number of amides is 1. The highest BCUT2D eigenvalue weighted by atomic mass is 19.4. The van der Waals surface area contributed by atoms with E-state index in [4.69, 9.17) is 9.47 Å². The average molecular weight is 376 g/mol. The third-order valence-corrected chi connectivity index (χ3v) is 4.42. The molecule has 2 rings (SSSR count). The van der Waals surface area contributed by atoms with Crippen molar-refractivity contribution in [1.29, 1.82) is 0 Å². The number of rotatable bonds is 5. The molecule has 0 heterocycles. The van der Waals surface area contributed by atoms with Crippen molar-refractivity contribution in [2.45, 2.75) is 37.9 Å². The number of hydrogen-bond donors (Lipinski definition) is 1. The maximum atomic E-state index is 12.9. The number of nitrogens with one attached hydrogen (secondary N) is 1. The molecule has 1 N–H and O–H groups in total. The molecule has 0 unspecified atom stereocenters. The van der Waals surface area contributed by atoms with Gasteiger partial charge >= 0.3 is 6.18 Å². The van der Waals surface area contributed by atoms with Crippen LogP contribution in [0.3, 0.4) is 0 Å². The molecule has 1 fully saturated rings. The molecular weight excluding hydrogens is 357 g/mol. The highest BCUT2D eigenvalue weighted by Crippen LogP contribution is 2.38. The number of hydrogen-bond acceptors (Lipinski definition) is 5. The summed E-state index contributed by atoms with van der Waals surface area (Å²) >= 11 is 0. The van der Waals surface area contributed by atoms with Crippen molar-refractivity contribution in [3.05, 3.63) is 27.8 Å². The molecule has 0 saturated heterocycles. The monoisotopic (exact) mass is 376 g/mol. The van der Waals surface area contributed by atoms with Crippen molar-refractivity contribution < 1.29 is 32.4 Å². The van der Waals surface area contributed by atoms with Gasteiger partial charge in [0, 0.05) is 12.1 Å². The van der Waals surface area contributed by atoms with E-state index in [9.17, 15) is 28.1 Å². The van der Waals surface area contributed by atoms with E-state index in [0.29, 0.717) is 12.8 Å². The molecule has 144 valence electrons. The molecule has 0 bridgehead atoms. The van der Waals surface area contributed by atoms with Gasteiger partial charge in [-0.1, -0.05) is 6.42 Å². The van der Waals surface area contributed by atoms with Gasteiger partial charge in [-0.25, -0.2) is 0 Å². The van der Waals surface area contributed by atoms with Crippen LogP contribution in [0.1, 0.15) is 36.0 Å². The minimum absolute atomic E-state index is 0.0202. The lowest BCUT2D eigenvalue weighted by molar-refractivity contribution is -0.385. The molecule has 1 aliphatic carbocycles. The van der Waals surface area contributed by atoms with Crippen LogP contribution in [-0.4, -0.2) is 37.3 Å². The van der Waals surface area contributed by atoms with E-state index in [1.54, 1.807) is 0 Å². The van der Waals surface area contributed by atoms with Crippen molar-refractivity contribution >= 4 is 11.6 Å². The first-order valence-electron chi connectivity index (χ1n) is 7.95. The summed E-state index contributed by atoms with van der Waals surface area (Å²) in [4.78, 5) is 23.0. The van der Waals surface area contributed by atoms with E-state index in [-0.39, 0.29) is 29.9 Å². The van der Waals surface area contributed by atoms with Gasteiger partial charge in [0.2, 0.25) is 0 Å². The fraction of sp³-hybridized carbons (Fsp3) is 0.562.